The third-order valence-electron chi connectivity index (χ3n) is 1.51. The van der Waals surface area contributed by atoms with Crippen molar-refractivity contribution in [3.8, 4) is 5.75 Å². The van der Waals surface area contributed by atoms with E-state index in [0.717, 1.165) is 17.5 Å². The number of benzene rings is 1. The molecule has 0 amide bonds. The quantitative estimate of drug-likeness (QED) is 0.727. The van der Waals surface area contributed by atoms with Crippen molar-refractivity contribution in [1.82, 2.24) is 0 Å². The van der Waals surface area contributed by atoms with E-state index in [-0.39, 0.29) is 10.3 Å². The highest BCUT2D eigenvalue weighted by Gasteiger charge is 2.04. The van der Waals surface area contributed by atoms with Crippen LogP contribution in [0.25, 0.3) is 0 Å². The zero-order chi connectivity index (χ0) is 9.68. The molecule has 0 saturated heterocycles. The maximum absolute atomic E-state index is 11.3. The number of ether oxygens (including phenoxy) is 1. The summed E-state index contributed by atoms with van der Waals surface area (Å²) in [7, 11) is 1.59. The third-order valence-corrected chi connectivity index (χ3v) is 2.45. The van der Waals surface area contributed by atoms with Gasteiger partial charge in [-0.1, -0.05) is 11.8 Å². The van der Waals surface area contributed by atoms with Crippen molar-refractivity contribution in [2.24, 2.45) is 0 Å². The van der Waals surface area contributed by atoms with E-state index in [0.29, 0.717) is 5.56 Å². The average Bonchev–Trinajstić information content (AvgIpc) is 2.18. The van der Waals surface area contributed by atoms with E-state index in [9.17, 15) is 4.79 Å². The SMILES string of the molecule is COc1ccc(C(=O)SCCl)cc1. The number of hydrogen-bond donors (Lipinski definition) is 0. The van der Waals surface area contributed by atoms with E-state index in [2.05, 4.69) is 0 Å². The maximum atomic E-state index is 11.3. The van der Waals surface area contributed by atoms with Gasteiger partial charge in [-0.2, -0.15) is 0 Å². The van der Waals surface area contributed by atoms with Gasteiger partial charge in [0.25, 0.3) is 0 Å². The Balaban J connectivity index is 2.74. The van der Waals surface area contributed by atoms with Crippen LogP contribution in [0.2, 0.25) is 0 Å². The molecule has 0 heterocycles. The molecule has 0 aromatic heterocycles. The van der Waals surface area contributed by atoms with Crippen LogP contribution in [0.3, 0.4) is 0 Å². The summed E-state index contributed by atoms with van der Waals surface area (Å²) in [5.41, 5.74) is 0.645. The van der Waals surface area contributed by atoms with Crippen LogP contribution in [0.5, 0.6) is 5.75 Å². The van der Waals surface area contributed by atoms with Crippen LogP contribution < -0.4 is 4.74 Å². The normalized spacial score (nSPS) is 9.69. The predicted octanol–water partition coefficient (Wildman–Crippen LogP) is 2.76. The topological polar surface area (TPSA) is 26.3 Å². The number of thioether (sulfide) groups is 1. The maximum Gasteiger partial charge on any atom is 0.220 e. The van der Waals surface area contributed by atoms with E-state index in [1.54, 1.807) is 31.4 Å². The summed E-state index contributed by atoms with van der Waals surface area (Å²) >= 11 is 6.51. The summed E-state index contributed by atoms with van der Waals surface area (Å²) in [5, 5.41) is 0.267. The van der Waals surface area contributed by atoms with Gasteiger partial charge in [0.2, 0.25) is 5.12 Å². The van der Waals surface area contributed by atoms with Crippen molar-refractivity contribution in [2.45, 2.75) is 0 Å². The smallest absolute Gasteiger partial charge is 0.220 e. The van der Waals surface area contributed by atoms with Crippen molar-refractivity contribution in [2.75, 3.05) is 12.3 Å². The Labute approximate surface area is 86.2 Å². The zero-order valence-corrected chi connectivity index (χ0v) is 8.69. The highest BCUT2D eigenvalue weighted by atomic mass is 35.5. The minimum Gasteiger partial charge on any atom is -0.497 e. The molecule has 1 aromatic carbocycles. The lowest BCUT2D eigenvalue weighted by Gasteiger charge is -2.00. The van der Waals surface area contributed by atoms with Gasteiger partial charge in [0.1, 0.15) is 5.75 Å². The summed E-state index contributed by atoms with van der Waals surface area (Å²) in [5.74, 6) is 0.743. The van der Waals surface area contributed by atoms with E-state index in [1.807, 2.05) is 0 Å². The second-order valence-electron chi connectivity index (χ2n) is 2.27. The first kappa shape index (κ1) is 10.4. The van der Waals surface area contributed by atoms with Gasteiger partial charge >= 0.3 is 0 Å². The van der Waals surface area contributed by atoms with Crippen LogP contribution in [-0.2, 0) is 0 Å². The number of halogens is 1. The minimum absolute atomic E-state index is 0.0161. The van der Waals surface area contributed by atoms with Crippen LogP contribution >= 0.6 is 23.4 Å². The molecule has 4 heteroatoms. The highest BCUT2D eigenvalue weighted by Crippen LogP contribution is 2.17. The second kappa shape index (κ2) is 5.14. The van der Waals surface area contributed by atoms with Crippen molar-refractivity contribution in [1.29, 1.82) is 0 Å². The largest absolute Gasteiger partial charge is 0.497 e. The molecular weight excluding hydrogens is 208 g/mol. The lowest BCUT2D eigenvalue weighted by atomic mass is 10.2. The molecule has 0 aliphatic carbocycles. The Hall–Kier alpha value is -0.670. The molecule has 0 radical (unpaired) electrons. The molecule has 70 valence electrons. The van der Waals surface area contributed by atoms with Gasteiger partial charge in [0.15, 0.2) is 0 Å². The van der Waals surface area contributed by atoms with Crippen LogP contribution in [0.4, 0.5) is 0 Å². The summed E-state index contributed by atoms with van der Waals surface area (Å²) in [6.45, 7) is 0. The lowest BCUT2D eigenvalue weighted by Crippen LogP contribution is -1.93. The second-order valence-corrected chi connectivity index (χ2v) is 3.80. The average molecular weight is 217 g/mol. The first-order valence-corrected chi connectivity index (χ1v) is 5.17. The third kappa shape index (κ3) is 2.94. The van der Waals surface area contributed by atoms with Gasteiger partial charge in [-0.15, -0.1) is 11.6 Å². The van der Waals surface area contributed by atoms with Gasteiger partial charge in [-0.05, 0) is 24.3 Å². The van der Waals surface area contributed by atoms with Crippen molar-refractivity contribution < 1.29 is 9.53 Å². The molecule has 0 N–H and O–H groups in total. The molecule has 0 spiro atoms. The molecule has 0 atom stereocenters. The number of alkyl halides is 1. The fourth-order valence-electron chi connectivity index (χ4n) is 0.860. The molecule has 0 aliphatic rings. The first-order valence-electron chi connectivity index (χ1n) is 3.65. The highest BCUT2D eigenvalue weighted by molar-refractivity contribution is 8.15. The number of rotatable bonds is 3. The molecule has 13 heavy (non-hydrogen) atoms. The van der Waals surface area contributed by atoms with Crippen molar-refractivity contribution in [3.05, 3.63) is 29.8 Å². The van der Waals surface area contributed by atoms with Crippen LogP contribution in [0, 0.1) is 0 Å². The minimum atomic E-state index is -0.0161. The van der Waals surface area contributed by atoms with Crippen LogP contribution in [-0.4, -0.2) is 17.4 Å². The molecule has 1 aromatic rings. The molecule has 0 unspecified atom stereocenters. The molecule has 0 aliphatic heterocycles. The molecule has 2 nitrogen and oxygen atoms in total. The number of carbonyl (C=O) groups is 1. The summed E-state index contributed by atoms with van der Waals surface area (Å²) in [4.78, 5) is 11.3. The van der Waals surface area contributed by atoms with E-state index in [4.69, 9.17) is 16.3 Å². The first-order chi connectivity index (χ1) is 6.27. The molecular formula is C9H9ClO2S. The summed E-state index contributed by atoms with van der Waals surface area (Å²) < 4.78 is 4.96. The standard InChI is InChI=1S/C9H9ClO2S/c1-12-8-4-2-7(3-5-8)9(11)13-6-10/h2-5H,6H2,1H3. The van der Waals surface area contributed by atoms with Gasteiger partial charge < -0.3 is 4.74 Å². The van der Waals surface area contributed by atoms with Gasteiger partial charge in [0, 0.05) is 5.56 Å². The van der Waals surface area contributed by atoms with Crippen molar-refractivity contribution >= 4 is 28.5 Å². The summed E-state index contributed by atoms with van der Waals surface area (Å²) in [6, 6.07) is 6.95. The van der Waals surface area contributed by atoms with Gasteiger partial charge in [0.05, 0.1) is 12.3 Å². The molecule has 0 fully saturated rings. The van der Waals surface area contributed by atoms with E-state index in [1.165, 1.54) is 0 Å². The monoisotopic (exact) mass is 216 g/mol. The Morgan fingerprint density at radius 1 is 1.46 bits per heavy atom. The van der Waals surface area contributed by atoms with Gasteiger partial charge in [-0.3, -0.25) is 4.79 Å². The van der Waals surface area contributed by atoms with E-state index < -0.39 is 0 Å². The lowest BCUT2D eigenvalue weighted by molar-refractivity contribution is 0.108. The molecule has 0 saturated carbocycles. The summed E-state index contributed by atoms with van der Waals surface area (Å²) in [6.07, 6.45) is 0. The van der Waals surface area contributed by atoms with Crippen molar-refractivity contribution in [3.63, 3.8) is 0 Å². The Morgan fingerprint density at radius 2 is 2.08 bits per heavy atom. The fraction of sp³-hybridized carbons (Fsp3) is 0.222. The Morgan fingerprint density at radius 3 is 2.54 bits per heavy atom. The molecule has 1 rings (SSSR count). The van der Waals surface area contributed by atoms with Crippen LogP contribution in [0.1, 0.15) is 10.4 Å². The fourth-order valence-corrected chi connectivity index (χ4v) is 1.56. The zero-order valence-electron chi connectivity index (χ0n) is 7.12. The predicted molar refractivity (Wildman–Crippen MR) is 55.6 cm³/mol. The van der Waals surface area contributed by atoms with E-state index >= 15 is 0 Å². The molecule has 0 bridgehead atoms. The number of hydrogen-bond acceptors (Lipinski definition) is 3. The Kier molecular flexibility index (Phi) is 4.12. The Bertz CT molecular complexity index is 284. The number of carbonyl (C=O) groups excluding carboxylic acids is 1. The van der Waals surface area contributed by atoms with Gasteiger partial charge in [-0.25, -0.2) is 0 Å². The van der Waals surface area contributed by atoms with Crippen LogP contribution in [0.15, 0.2) is 24.3 Å². The number of methoxy groups -OCH3 is 1.